The molecule has 0 aliphatic carbocycles. The molecule has 0 fully saturated rings. The highest BCUT2D eigenvalue weighted by molar-refractivity contribution is 5.99. The third kappa shape index (κ3) is 5.90. The average Bonchev–Trinajstić information content (AvgIpc) is 2.27. The van der Waals surface area contributed by atoms with Gasteiger partial charge in [-0.05, 0) is 25.5 Å². The maximum atomic E-state index is 11.4. The fourth-order valence-electron chi connectivity index (χ4n) is 1.05. The minimum atomic E-state index is -0.352. The average molecular weight is 223 g/mol. The van der Waals surface area contributed by atoms with Gasteiger partial charge in [0.2, 0.25) is 0 Å². The molecule has 16 heavy (non-hydrogen) atoms. The summed E-state index contributed by atoms with van der Waals surface area (Å²) in [6, 6.07) is 0. The first-order valence-electron chi connectivity index (χ1n) is 5.24. The summed E-state index contributed by atoms with van der Waals surface area (Å²) in [5.41, 5.74) is 0.381. The lowest BCUT2D eigenvalue weighted by Gasteiger charge is -2.00. The van der Waals surface area contributed by atoms with E-state index in [-0.39, 0.29) is 18.2 Å². The highest BCUT2D eigenvalue weighted by Crippen LogP contribution is 1.99. The Morgan fingerprint density at radius 1 is 1.25 bits per heavy atom. The molecule has 0 atom stereocenters. The van der Waals surface area contributed by atoms with Crippen molar-refractivity contribution in [3.63, 3.8) is 0 Å². The molecule has 0 aliphatic rings. The predicted octanol–water partition coefficient (Wildman–Crippen LogP) is 1.17. The SMILES string of the molecule is C/C=C(\C=C/C(=O)CCC)C(=O)NCC=O. The largest absolute Gasteiger partial charge is 0.345 e. The van der Waals surface area contributed by atoms with Gasteiger partial charge >= 0.3 is 0 Å². The van der Waals surface area contributed by atoms with Gasteiger partial charge in [0.25, 0.3) is 5.91 Å². The molecule has 0 radical (unpaired) electrons. The Labute approximate surface area is 95.4 Å². The zero-order chi connectivity index (χ0) is 12.4. The molecule has 4 heteroatoms. The van der Waals surface area contributed by atoms with Gasteiger partial charge in [0.15, 0.2) is 5.78 Å². The van der Waals surface area contributed by atoms with Gasteiger partial charge in [-0.3, -0.25) is 9.59 Å². The van der Waals surface area contributed by atoms with Crippen LogP contribution >= 0.6 is 0 Å². The minimum Gasteiger partial charge on any atom is -0.345 e. The van der Waals surface area contributed by atoms with Crippen LogP contribution in [0.1, 0.15) is 26.7 Å². The number of ketones is 1. The fraction of sp³-hybridized carbons (Fsp3) is 0.417. The monoisotopic (exact) mass is 223 g/mol. The van der Waals surface area contributed by atoms with E-state index in [9.17, 15) is 14.4 Å². The molecular weight excluding hydrogens is 206 g/mol. The minimum absolute atomic E-state index is 0.00922. The molecule has 4 nitrogen and oxygen atoms in total. The van der Waals surface area contributed by atoms with E-state index in [1.165, 1.54) is 12.2 Å². The summed E-state index contributed by atoms with van der Waals surface area (Å²) < 4.78 is 0. The lowest BCUT2D eigenvalue weighted by Crippen LogP contribution is -2.26. The highest BCUT2D eigenvalue weighted by atomic mass is 16.2. The topological polar surface area (TPSA) is 63.2 Å². The van der Waals surface area contributed by atoms with Crippen molar-refractivity contribution in [2.24, 2.45) is 0 Å². The van der Waals surface area contributed by atoms with Crippen LogP contribution in [0.5, 0.6) is 0 Å². The highest BCUT2D eigenvalue weighted by Gasteiger charge is 2.04. The van der Waals surface area contributed by atoms with Crippen molar-refractivity contribution in [2.75, 3.05) is 6.54 Å². The van der Waals surface area contributed by atoms with Gasteiger partial charge < -0.3 is 10.1 Å². The van der Waals surface area contributed by atoms with E-state index in [0.717, 1.165) is 6.42 Å². The van der Waals surface area contributed by atoms with Gasteiger partial charge in [-0.15, -0.1) is 0 Å². The molecule has 0 rings (SSSR count). The first kappa shape index (κ1) is 14.3. The van der Waals surface area contributed by atoms with Crippen LogP contribution in [-0.4, -0.2) is 24.5 Å². The van der Waals surface area contributed by atoms with Crippen molar-refractivity contribution in [3.05, 3.63) is 23.8 Å². The summed E-state index contributed by atoms with van der Waals surface area (Å²) in [5.74, 6) is -0.361. The van der Waals surface area contributed by atoms with Gasteiger partial charge in [-0.1, -0.05) is 13.0 Å². The van der Waals surface area contributed by atoms with Crippen LogP contribution in [0, 0.1) is 0 Å². The molecule has 0 aromatic heterocycles. The van der Waals surface area contributed by atoms with Crippen LogP contribution in [0.4, 0.5) is 0 Å². The molecule has 0 bridgehead atoms. The number of carbonyl (C=O) groups is 3. The molecule has 0 aromatic rings. The number of nitrogens with one attached hydrogen (secondary N) is 1. The van der Waals surface area contributed by atoms with Crippen molar-refractivity contribution in [2.45, 2.75) is 26.7 Å². The summed E-state index contributed by atoms with van der Waals surface area (Å²) in [5, 5.41) is 2.40. The maximum Gasteiger partial charge on any atom is 0.251 e. The molecule has 1 amide bonds. The molecule has 0 saturated carbocycles. The van der Waals surface area contributed by atoms with Crippen LogP contribution < -0.4 is 5.32 Å². The van der Waals surface area contributed by atoms with Crippen molar-refractivity contribution in [1.82, 2.24) is 5.32 Å². The van der Waals surface area contributed by atoms with Gasteiger partial charge in [-0.25, -0.2) is 0 Å². The van der Waals surface area contributed by atoms with Crippen molar-refractivity contribution in [1.29, 1.82) is 0 Å². The Balaban J connectivity index is 4.35. The smallest absolute Gasteiger partial charge is 0.251 e. The van der Waals surface area contributed by atoms with E-state index >= 15 is 0 Å². The summed E-state index contributed by atoms with van der Waals surface area (Å²) in [6.07, 6.45) is 6.32. The first-order valence-corrected chi connectivity index (χ1v) is 5.24. The molecule has 0 aliphatic heterocycles. The van der Waals surface area contributed by atoms with E-state index in [1.54, 1.807) is 13.0 Å². The van der Waals surface area contributed by atoms with Crippen LogP contribution in [-0.2, 0) is 14.4 Å². The third-order valence-corrected chi connectivity index (χ3v) is 1.86. The van der Waals surface area contributed by atoms with Crippen molar-refractivity contribution >= 4 is 18.0 Å². The lowest BCUT2D eigenvalue weighted by molar-refractivity contribution is -0.119. The number of allylic oxidation sites excluding steroid dienone is 2. The number of carbonyl (C=O) groups excluding carboxylic acids is 3. The zero-order valence-electron chi connectivity index (χ0n) is 9.66. The van der Waals surface area contributed by atoms with E-state index < -0.39 is 0 Å². The second kappa shape index (κ2) is 8.59. The van der Waals surface area contributed by atoms with Gasteiger partial charge in [0.05, 0.1) is 6.54 Å². The Bertz CT molecular complexity index is 316. The van der Waals surface area contributed by atoms with E-state index in [1.807, 2.05) is 6.92 Å². The molecule has 0 unspecified atom stereocenters. The Morgan fingerprint density at radius 3 is 2.44 bits per heavy atom. The van der Waals surface area contributed by atoms with Gasteiger partial charge in [0.1, 0.15) is 6.29 Å². The molecule has 0 aromatic carbocycles. The van der Waals surface area contributed by atoms with Crippen LogP contribution in [0.15, 0.2) is 23.8 Å². The van der Waals surface area contributed by atoms with E-state index in [4.69, 9.17) is 0 Å². The van der Waals surface area contributed by atoms with Crippen LogP contribution in [0.25, 0.3) is 0 Å². The van der Waals surface area contributed by atoms with Gasteiger partial charge in [0, 0.05) is 12.0 Å². The summed E-state index contributed by atoms with van der Waals surface area (Å²) in [7, 11) is 0. The molecule has 0 heterocycles. The number of rotatable bonds is 7. The number of hydrogen-bond donors (Lipinski definition) is 1. The second-order valence-corrected chi connectivity index (χ2v) is 3.17. The Hall–Kier alpha value is -1.71. The third-order valence-electron chi connectivity index (χ3n) is 1.86. The van der Waals surface area contributed by atoms with Crippen LogP contribution in [0.2, 0.25) is 0 Å². The standard InChI is InChI=1S/C12H17NO3/c1-3-5-11(15)7-6-10(4-2)12(16)13-8-9-14/h4,6-7,9H,3,5,8H2,1-2H3,(H,13,16)/b7-6-,10-4+. The first-order chi connectivity index (χ1) is 7.65. The normalized spacial score (nSPS) is 11.5. The van der Waals surface area contributed by atoms with Crippen LogP contribution in [0.3, 0.4) is 0 Å². The molecule has 0 saturated heterocycles. The zero-order valence-corrected chi connectivity index (χ0v) is 9.66. The number of aldehydes is 1. The lowest BCUT2D eigenvalue weighted by atomic mass is 10.1. The fourth-order valence-corrected chi connectivity index (χ4v) is 1.05. The Kier molecular flexibility index (Phi) is 7.67. The van der Waals surface area contributed by atoms with Crippen molar-refractivity contribution < 1.29 is 14.4 Å². The second-order valence-electron chi connectivity index (χ2n) is 3.17. The number of amides is 1. The summed E-state index contributed by atoms with van der Waals surface area (Å²) >= 11 is 0. The molecular formula is C12H17NO3. The Morgan fingerprint density at radius 2 is 1.94 bits per heavy atom. The molecule has 1 N–H and O–H groups in total. The van der Waals surface area contributed by atoms with E-state index in [2.05, 4.69) is 5.32 Å². The predicted molar refractivity (Wildman–Crippen MR) is 61.9 cm³/mol. The number of hydrogen-bond acceptors (Lipinski definition) is 3. The molecule has 0 spiro atoms. The van der Waals surface area contributed by atoms with E-state index in [0.29, 0.717) is 18.3 Å². The quantitative estimate of drug-likeness (QED) is 0.400. The molecule has 88 valence electrons. The maximum absolute atomic E-state index is 11.4. The summed E-state index contributed by atoms with van der Waals surface area (Å²) in [4.78, 5) is 32.7. The summed E-state index contributed by atoms with van der Waals surface area (Å²) in [6.45, 7) is 3.59. The van der Waals surface area contributed by atoms with Crippen molar-refractivity contribution in [3.8, 4) is 0 Å². The van der Waals surface area contributed by atoms with Gasteiger partial charge in [-0.2, -0.15) is 0 Å².